The lowest BCUT2D eigenvalue weighted by molar-refractivity contribution is -0.274. The minimum atomic E-state index is -4.76. The summed E-state index contributed by atoms with van der Waals surface area (Å²) in [5.41, 5.74) is 2.62. The molecule has 0 bridgehead atoms. The van der Waals surface area contributed by atoms with Gasteiger partial charge in [-0.25, -0.2) is 4.39 Å². The Morgan fingerprint density at radius 2 is 1.66 bits per heavy atom. The van der Waals surface area contributed by atoms with E-state index in [4.69, 9.17) is 11.6 Å². The first-order valence-corrected chi connectivity index (χ1v) is 9.94. The van der Waals surface area contributed by atoms with Gasteiger partial charge in [-0.2, -0.15) is 0 Å². The van der Waals surface area contributed by atoms with Gasteiger partial charge in [0.15, 0.2) is 5.43 Å². The van der Waals surface area contributed by atoms with Gasteiger partial charge in [0.25, 0.3) is 0 Å². The molecule has 32 heavy (non-hydrogen) atoms. The highest BCUT2D eigenvalue weighted by molar-refractivity contribution is 6.31. The highest BCUT2D eigenvalue weighted by atomic mass is 35.5. The lowest BCUT2D eigenvalue weighted by Crippen LogP contribution is -2.17. The van der Waals surface area contributed by atoms with Gasteiger partial charge in [-0.05, 0) is 66.9 Å². The van der Waals surface area contributed by atoms with Gasteiger partial charge in [-0.3, -0.25) is 4.79 Å². The van der Waals surface area contributed by atoms with Gasteiger partial charge in [-0.1, -0.05) is 29.8 Å². The monoisotopic (exact) mass is 461 g/mol. The van der Waals surface area contributed by atoms with Crippen LogP contribution in [0.4, 0.5) is 17.6 Å². The molecule has 0 aliphatic heterocycles. The van der Waals surface area contributed by atoms with Crippen molar-refractivity contribution in [3.8, 4) is 17.0 Å². The van der Waals surface area contributed by atoms with Crippen LogP contribution in [0.1, 0.15) is 16.7 Å². The number of aromatic nitrogens is 1. The molecule has 0 saturated carbocycles. The number of fused-ring (bicyclic) bond motifs is 1. The number of pyridine rings is 1. The molecular formula is C24H16ClF4NO2. The summed E-state index contributed by atoms with van der Waals surface area (Å²) in [5.74, 6) is -0.841. The van der Waals surface area contributed by atoms with Crippen LogP contribution in [0.5, 0.6) is 5.75 Å². The van der Waals surface area contributed by atoms with Gasteiger partial charge in [0.2, 0.25) is 0 Å². The summed E-state index contributed by atoms with van der Waals surface area (Å²) in [4.78, 5) is 15.8. The van der Waals surface area contributed by atoms with Crippen molar-refractivity contribution in [2.45, 2.75) is 19.7 Å². The molecule has 0 radical (unpaired) electrons. The van der Waals surface area contributed by atoms with E-state index < -0.39 is 12.2 Å². The molecule has 3 nitrogen and oxygen atoms in total. The smallest absolute Gasteiger partial charge is 0.406 e. The molecule has 0 aliphatic rings. The molecule has 4 rings (SSSR count). The second-order valence-electron chi connectivity index (χ2n) is 7.33. The molecule has 0 saturated heterocycles. The quantitative estimate of drug-likeness (QED) is 0.340. The molecule has 164 valence electrons. The van der Waals surface area contributed by atoms with Gasteiger partial charge < -0.3 is 9.72 Å². The van der Waals surface area contributed by atoms with Gasteiger partial charge in [0, 0.05) is 27.1 Å². The number of alkyl halides is 3. The number of benzene rings is 3. The zero-order valence-corrected chi connectivity index (χ0v) is 17.4. The van der Waals surface area contributed by atoms with Gasteiger partial charge in [-0.15, -0.1) is 13.2 Å². The predicted octanol–water partition coefficient (Wildman–Crippen LogP) is 6.79. The Bertz CT molecular complexity index is 1360. The van der Waals surface area contributed by atoms with E-state index in [0.29, 0.717) is 44.7 Å². The summed E-state index contributed by atoms with van der Waals surface area (Å²) in [6, 6.07) is 14.9. The maximum Gasteiger partial charge on any atom is 0.573 e. The van der Waals surface area contributed by atoms with Crippen LogP contribution >= 0.6 is 11.6 Å². The first-order valence-electron chi connectivity index (χ1n) is 9.56. The molecule has 0 amide bonds. The highest BCUT2D eigenvalue weighted by Gasteiger charge is 2.30. The SMILES string of the molecule is Cc1c(-c2ccc(Cc3ccc(OC(F)(F)F)cc3)cc2F)[nH]c2ccc(Cl)cc2c1=O. The fourth-order valence-electron chi connectivity index (χ4n) is 3.54. The van der Waals surface area contributed by atoms with E-state index in [9.17, 15) is 22.4 Å². The molecule has 0 unspecified atom stereocenters. The molecular weight excluding hydrogens is 446 g/mol. The second kappa shape index (κ2) is 8.31. The standard InChI is InChI=1S/C24H16ClF4NO2/c1-13-22(30-21-9-5-16(25)12-19(21)23(13)31)18-8-4-15(11-20(18)26)10-14-2-6-17(7-3-14)32-24(27,28)29/h2-9,11-12H,10H2,1H3,(H,30,31). The van der Waals surface area contributed by atoms with Crippen molar-refractivity contribution < 1.29 is 22.3 Å². The molecule has 3 aromatic carbocycles. The summed E-state index contributed by atoms with van der Waals surface area (Å²) in [6.45, 7) is 1.62. The largest absolute Gasteiger partial charge is 0.573 e. The predicted molar refractivity (Wildman–Crippen MR) is 116 cm³/mol. The Hall–Kier alpha value is -3.32. The van der Waals surface area contributed by atoms with Crippen LogP contribution in [0.3, 0.4) is 0 Å². The Labute approximate surface area is 185 Å². The Balaban J connectivity index is 1.62. The topological polar surface area (TPSA) is 42.1 Å². The van der Waals surface area contributed by atoms with Crippen LogP contribution in [0, 0.1) is 12.7 Å². The van der Waals surface area contributed by atoms with Crippen LogP contribution in [0.25, 0.3) is 22.2 Å². The highest BCUT2D eigenvalue weighted by Crippen LogP contribution is 2.28. The minimum absolute atomic E-state index is 0.235. The van der Waals surface area contributed by atoms with E-state index in [2.05, 4.69) is 9.72 Å². The van der Waals surface area contributed by atoms with E-state index in [1.807, 2.05) is 0 Å². The molecule has 4 aromatic rings. The van der Waals surface area contributed by atoms with Gasteiger partial charge in [0.1, 0.15) is 11.6 Å². The maximum absolute atomic E-state index is 15.0. The number of rotatable bonds is 4. The summed E-state index contributed by atoms with van der Waals surface area (Å²) in [5, 5.41) is 0.859. The average molecular weight is 462 g/mol. The number of nitrogens with one attached hydrogen (secondary N) is 1. The van der Waals surface area contributed by atoms with Crippen LogP contribution in [-0.2, 0) is 6.42 Å². The van der Waals surface area contributed by atoms with E-state index in [1.165, 1.54) is 30.3 Å². The van der Waals surface area contributed by atoms with Crippen molar-refractivity contribution in [2.24, 2.45) is 0 Å². The number of hydrogen-bond donors (Lipinski definition) is 1. The van der Waals surface area contributed by atoms with E-state index >= 15 is 0 Å². The number of aromatic amines is 1. The number of halogens is 5. The van der Waals surface area contributed by atoms with E-state index in [1.54, 1.807) is 37.3 Å². The third kappa shape index (κ3) is 4.62. The van der Waals surface area contributed by atoms with Crippen molar-refractivity contribution in [3.05, 3.63) is 98.4 Å². The summed E-state index contributed by atoms with van der Waals surface area (Å²) < 4.78 is 55.7. The normalized spacial score (nSPS) is 11.7. The van der Waals surface area contributed by atoms with Crippen LogP contribution in [0.15, 0.2) is 65.5 Å². The van der Waals surface area contributed by atoms with Crippen molar-refractivity contribution >= 4 is 22.5 Å². The molecule has 1 N–H and O–H groups in total. The Morgan fingerprint density at radius 3 is 2.31 bits per heavy atom. The fraction of sp³-hybridized carbons (Fsp3) is 0.125. The second-order valence-corrected chi connectivity index (χ2v) is 7.76. The molecule has 0 aliphatic carbocycles. The zero-order valence-electron chi connectivity index (χ0n) is 16.7. The molecule has 8 heteroatoms. The van der Waals surface area contributed by atoms with E-state index in [-0.39, 0.29) is 16.7 Å². The van der Waals surface area contributed by atoms with Crippen LogP contribution < -0.4 is 10.2 Å². The first kappa shape index (κ1) is 21.9. The first-order chi connectivity index (χ1) is 15.1. The molecule has 1 aromatic heterocycles. The molecule has 0 atom stereocenters. The van der Waals surface area contributed by atoms with Crippen molar-refractivity contribution in [3.63, 3.8) is 0 Å². The third-order valence-corrected chi connectivity index (χ3v) is 5.30. The van der Waals surface area contributed by atoms with Crippen molar-refractivity contribution in [1.29, 1.82) is 0 Å². The van der Waals surface area contributed by atoms with E-state index in [0.717, 1.165) is 0 Å². The van der Waals surface area contributed by atoms with Crippen molar-refractivity contribution in [1.82, 2.24) is 4.98 Å². The lowest BCUT2D eigenvalue weighted by atomic mass is 9.99. The van der Waals surface area contributed by atoms with Gasteiger partial charge in [0.05, 0.1) is 5.69 Å². The maximum atomic E-state index is 15.0. The third-order valence-electron chi connectivity index (χ3n) is 5.07. The average Bonchev–Trinajstić information content (AvgIpc) is 2.72. The Kier molecular flexibility index (Phi) is 5.69. The van der Waals surface area contributed by atoms with Crippen LogP contribution in [-0.4, -0.2) is 11.3 Å². The molecule has 1 heterocycles. The number of H-pyrrole nitrogens is 1. The Morgan fingerprint density at radius 1 is 0.969 bits per heavy atom. The fourth-order valence-corrected chi connectivity index (χ4v) is 3.71. The van der Waals surface area contributed by atoms with Crippen LogP contribution in [0.2, 0.25) is 5.02 Å². The molecule has 0 spiro atoms. The summed E-state index contributed by atoms with van der Waals surface area (Å²) in [7, 11) is 0. The summed E-state index contributed by atoms with van der Waals surface area (Å²) >= 11 is 5.98. The minimum Gasteiger partial charge on any atom is -0.406 e. The zero-order chi connectivity index (χ0) is 23.0. The summed E-state index contributed by atoms with van der Waals surface area (Å²) in [6.07, 6.45) is -4.44. The number of ether oxygens (including phenoxy) is 1. The lowest BCUT2D eigenvalue weighted by Gasteiger charge is -2.12. The number of hydrogen-bond acceptors (Lipinski definition) is 2. The van der Waals surface area contributed by atoms with Crippen molar-refractivity contribution in [2.75, 3.05) is 0 Å². The van der Waals surface area contributed by atoms with Gasteiger partial charge >= 0.3 is 6.36 Å². The molecule has 0 fully saturated rings.